The van der Waals surface area contributed by atoms with Crippen LogP contribution in [0.1, 0.15) is 23.1 Å². The van der Waals surface area contributed by atoms with E-state index in [0.717, 1.165) is 11.1 Å². The van der Waals surface area contributed by atoms with Crippen LogP contribution < -0.4 is 0 Å². The lowest BCUT2D eigenvalue weighted by atomic mass is 9.98. The van der Waals surface area contributed by atoms with Crippen molar-refractivity contribution in [3.63, 3.8) is 0 Å². The third kappa shape index (κ3) is 4.77. The summed E-state index contributed by atoms with van der Waals surface area (Å²) in [6, 6.07) is 14.0. The fourth-order valence-corrected chi connectivity index (χ4v) is 2.85. The summed E-state index contributed by atoms with van der Waals surface area (Å²) < 4.78 is 24.7. The van der Waals surface area contributed by atoms with Gasteiger partial charge in [-0.05, 0) is 29.2 Å². The Morgan fingerprint density at radius 1 is 1.19 bits per heavy atom. The summed E-state index contributed by atoms with van der Waals surface area (Å²) in [5.41, 5.74) is 2.84. The molecule has 26 heavy (non-hydrogen) atoms. The summed E-state index contributed by atoms with van der Waals surface area (Å²) in [5.74, 6) is -1.08. The van der Waals surface area contributed by atoms with Crippen LogP contribution in [0.15, 0.2) is 54.6 Å². The van der Waals surface area contributed by atoms with Crippen LogP contribution in [-0.2, 0) is 27.3 Å². The molecule has 136 valence electrons. The van der Waals surface area contributed by atoms with Gasteiger partial charge in [0, 0.05) is 12.0 Å². The van der Waals surface area contributed by atoms with E-state index in [1.54, 1.807) is 12.1 Å². The molecule has 1 heterocycles. The van der Waals surface area contributed by atoms with Crippen LogP contribution in [0, 0.1) is 5.82 Å². The number of halogens is 1. The summed E-state index contributed by atoms with van der Waals surface area (Å²) in [6.45, 7) is 1.17. The van der Waals surface area contributed by atoms with Crippen LogP contribution in [0.25, 0.3) is 5.57 Å². The summed E-state index contributed by atoms with van der Waals surface area (Å²) in [4.78, 5) is 11.9. The number of ether oxygens (including phenoxy) is 2. The minimum absolute atomic E-state index is 0.00693. The quantitative estimate of drug-likeness (QED) is 0.807. The Bertz CT molecular complexity index is 786. The predicted molar refractivity (Wildman–Crippen MR) is 95.8 cm³/mol. The molecule has 0 amide bonds. The number of benzene rings is 2. The van der Waals surface area contributed by atoms with E-state index in [0.29, 0.717) is 30.8 Å². The van der Waals surface area contributed by atoms with E-state index in [-0.39, 0.29) is 18.8 Å². The fourth-order valence-electron chi connectivity index (χ4n) is 2.85. The van der Waals surface area contributed by atoms with Gasteiger partial charge in [-0.25, -0.2) is 9.18 Å². The Morgan fingerprint density at radius 3 is 2.69 bits per heavy atom. The Hall–Kier alpha value is -2.50. The van der Waals surface area contributed by atoms with Gasteiger partial charge in [0.15, 0.2) is 6.10 Å². The van der Waals surface area contributed by atoms with E-state index in [9.17, 15) is 14.3 Å². The average molecular weight is 356 g/mol. The SMILES string of the molecule is O=C(OCc1ccccc1)C(O)Cc1ccc(C2=CCOCC2)c(F)c1. The van der Waals surface area contributed by atoms with Gasteiger partial charge in [0.05, 0.1) is 13.2 Å². The second-order valence-electron chi connectivity index (χ2n) is 6.18. The normalized spacial score (nSPS) is 15.2. The van der Waals surface area contributed by atoms with Gasteiger partial charge in [0.25, 0.3) is 0 Å². The number of aliphatic hydroxyl groups is 1. The molecule has 5 heteroatoms. The molecule has 4 nitrogen and oxygen atoms in total. The van der Waals surface area contributed by atoms with Gasteiger partial charge in [-0.2, -0.15) is 0 Å². The van der Waals surface area contributed by atoms with Gasteiger partial charge < -0.3 is 14.6 Å². The Labute approximate surface area is 151 Å². The summed E-state index contributed by atoms with van der Waals surface area (Å²) in [5, 5.41) is 10.0. The van der Waals surface area contributed by atoms with Crippen LogP contribution in [0.3, 0.4) is 0 Å². The first-order valence-electron chi connectivity index (χ1n) is 8.57. The molecule has 3 rings (SSSR count). The average Bonchev–Trinajstić information content (AvgIpc) is 2.67. The molecule has 1 unspecified atom stereocenters. The minimum atomic E-state index is -1.33. The Kier molecular flexibility index (Phi) is 6.15. The van der Waals surface area contributed by atoms with Crippen molar-refractivity contribution in [2.24, 2.45) is 0 Å². The summed E-state index contributed by atoms with van der Waals surface area (Å²) >= 11 is 0. The van der Waals surface area contributed by atoms with Crippen LogP contribution in [0.5, 0.6) is 0 Å². The van der Waals surface area contributed by atoms with Crippen molar-refractivity contribution in [1.29, 1.82) is 0 Å². The molecular formula is C21H21FO4. The first kappa shape index (κ1) is 18.3. The van der Waals surface area contributed by atoms with E-state index in [2.05, 4.69) is 0 Å². The molecule has 2 aromatic carbocycles. The maximum atomic E-state index is 14.4. The van der Waals surface area contributed by atoms with Crippen LogP contribution in [0.4, 0.5) is 4.39 Å². The predicted octanol–water partition coefficient (Wildman–Crippen LogP) is 3.28. The van der Waals surface area contributed by atoms with E-state index < -0.39 is 12.1 Å². The van der Waals surface area contributed by atoms with Gasteiger partial charge in [0.2, 0.25) is 0 Å². The molecule has 0 radical (unpaired) electrons. The highest BCUT2D eigenvalue weighted by molar-refractivity contribution is 5.75. The van der Waals surface area contributed by atoms with Crippen LogP contribution in [0.2, 0.25) is 0 Å². The van der Waals surface area contributed by atoms with Gasteiger partial charge in [-0.3, -0.25) is 0 Å². The minimum Gasteiger partial charge on any atom is -0.459 e. The van der Waals surface area contributed by atoms with Crippen molar-refractivity contribution in [3.05, 3.63) is 77.1 Å². The highest BCUT2D eigenvalue weighted by Crippen LogP contribution is 2.25. The largest absolute Gasteiger partial charge is 0.459 e. The maximum Gasteiger partial charge on any atom is 0.335 e. The van der Waals surface area contributed by atoms with Crippen molar-refractivity contribution >= 4 is 11.5 Å². The van der Waals surface area contributed by atoms with Gasteiger partial charge >= 0.3 is 5.97 Å². The standard InChI is InChI=1S/C21H21FO4/c22-19-12-16(6-7-18(19)17-8-10-25-11-9-17)13-20(23)21(24)26-14-15-4-2-1-3-5-15/h1-8,12,20,23H,9-11,13-14H2. The zero-order chi connectivity index (χ0) is 18.4. The second-order valence-corrected chi connectivity index (χ2v) is 6.18. The van der Waals surface area contributed by atoms with Crippen LogP contribution >= 0.6 is 0 Å². The molecule has 1 atom stereocenters. The molecule has 0 fully saturated rings. The number of carbonyl (C=O) groups is 1. The molecule has 0 aliphatic carbocycles. The third-order valence-electron chi connectivity index (χ3n) is 4.27. The van der Waals surface area contributed by atoms with Crippen molar-refractivity contribution in [2.45, 2.75) is 25.6 Å². The van der Waals surface area contributed by atoms with E-state index in [1.807, 2.05) is 36.4 Å². The smallest absolute Gasteiger partial charge is 0.335 e. The van der Waals surface area contributed by atoms with E-state index >= 15 is 0 Å². The highest BCUT2D eigenvalue weighted by Gasteiger charge is 2.19. The lowest BCUT2D eigenvalue weighted by molar-refractivity contribution is -0.154. The number of esters is 1. The summed E-state index contributed by atoms with van der Waals surface area (Å²) in [7, 11) is 0. The zero-order valence-corrected chi connectivity index (χ0v) is 14.4. The maximum absolute atomic E-state index is 14.4. The highest BCUT2D eigenvalue weighted by atomic mass is 19.1. The first-order valence-corrected chi connectivity index (χ1v) is 8.57. The number of aliphatic hydroxyl groups excluding tert-OH is 1. The lowest BCUT2D eigenvalue weighted by Crippen LogP contribution is -2.25. The first-order chi connectivity index (χ1) is 12.6. The molecule has 2 aromatic rings. The number of rotatable bonds is 6. The Morgan fingerprint density at radius 2 is 2.00 bits per heavy atom. The van der Waals surface area contributed by atoms with Crippen molar-refractivity contribution in [1.82, 2.24) is 0 Å². The molecule has 0 bridgehead atoms. The number of hydrogen-bond donors (Lipinski definition) is 1. The molecule has 0 saturated carbocycles. The van der Waals surface area contributed by atoms with Crippen molar-refractivity contribution in [3.8, 4) is 0 Å². The molecule has 0 aromatic heterocycles. The molecule has 0 saturated heterocycles. The molecule has 0 spiro atoms. The van der Waals surface area contributed by atoms with Crippen LogP contribution in [-0.4, -0.2) is 30.4 Å². The number of hydrogen-bond acceptors (Lipinski definition) is 4. The summed E-state index contributed by atoms with van der Waals surface area (Å²) in [6.07, 6.45) is 1.22. The van der Waals surface area contributed by atoms with Crippen molar-refractivity contribution < 1.29 is 23.8 Å². The molecule has 1 N–H and O–H groups in total. The van der Waals surface area contributed by atoms with E-state index in [1.165, 1.54) is 6.07 Å². The van der Waals surface area contributed by atoms with Crippen molar-refractivity contribution in [2.75, 3.05) is 13.2 Å². The third-order valence-corrected chi connectivity index (χ3v) is 4.27. The monoisotopic (exact) mass is 356 g/mol. The lowest BCUT2D eigenvalue weighted by Gasteiger charge is -2.15. The van der Waals surface area contributed by atoms with Gasteiger partial charge in [-0.15, -0.1) is 0 Å². The second kappa shape index (κ2) is 8.74. The van der Waals surface area contributed by atoms with Gasteiger partial charge in [-0.1, -0.05) is 48.5 Å². The Balaban J connectivity index is 1.58. The zero-order valence-electron chi connectivity index (χ0n) is 14.4. The fraction of sp³-hybridized carbons (Fsp3) is 0.286. The number of carbonyl (C=O) groups excluding carboxylic acids is 1. The molecular weight excluding hydrogens is 335 g/mol. The van der Waals surface area contributed by atoms with E-state index in [4.69, 9.17) is 9.47 Å². The topological polar surface area (TPSA) is 55.8 Å². The van der Waals surface area contributed by atoms with Gasteiger partial charge in [0.1, 0.15) is 12.4 Å². The molecule has 1 aliphatic rings. The molecule has 1 aliphatic heterocycles.